The average Bonchev–Trinajstić information content (AvgIpc) is 3.41. The van der Waals surface area contributed by atoms with E-state index in [0.29, 0.717) is 0 Å². The van der Waals surface area contributed by atoms with Crippen LogP contribution in [0, 0.1) is 0 Å². The Morgan fingerprint density at radius 3 is 2.82 bits per heavy atom. The fraction of sp³-hybridized carbons (Fsp3) is 0.263. The van der Waals surface area contributed by atoms with Crippen LogP contribution in [0.25, 0.3) is 11.0 Å². The Labute approximate surface area is 166 Å². The molecule has 146 valence electrons. The van der Waals surface area contributed by atoms with Crippen LogP contribution < -0.4 is 16.2 Å². The third-order valence-corrected chi connectivity index (χ3v) is 4.61. The minimum atomic E-state index is -0.518. The Bertz CT molecular complexity index is 1100. The third kappa shape index (κ3) is 3.77. The van der Waals surface area contributed by atoms with Gasteiger partial charge in [0.1, 0.15) is 11.2 Å². The molecule has 1 saturated carbocycles. The number of nitrogens with zero attached hydrogens (tertiary/aromatic N) is 2. The van der Waals surface area contributed by atoms with Gasteiger partial charge in [-0.05, 0) is 36.6 Å². The summed E-state index contributed by atoms with van der Waals surface area (Å²) in [5.41, 5.74) is 1.35. The van der Waals surface area contributed by atoms with Crippen LogP contribution in [-0.2, 0) is 6.54 Å². The van der Waals surface area contributed by atoms with E-state index >= 15 is 0 Å². The van der Waals surface area contributed by atoms with Crippen molar-refractivity contribution in [2.75, 3.05) is 7.05 Å². The second-order valence-electron chi connectivity index (χ2n) is 6.62. The maximum absolute atomic E-state index is 12.8. The lowest BCUT2D eigenvalue weighted by molar-refractivity contribution is 0.0950. The number of H-pyrrole nitrogens is 1. The van der Waals surface area contributed by atoms with Gasteiger partial charge in [-0.3, -0.25) is 14.4 Å². The van der Waals surface area contributed by atoms with Crippen molar-refractivity contribution >= 4 is 35.3 Å². The molecule has 3 heterocycles. The lowest BCUT2D eigenvalue weighted by Gasteiger charge is -2.11. The van der Waals surface area contributed by atoms with Gasteiger partial charge in [-0.15, -0.1) is 12.4 Å². The summed E-state index contributed by atoms with van der Waals surface area (Å²) in [6.07, 6.45) is 6.87. The van der Waals surface area contributed by atoms with Crippen molar-refractivity contribution in [1.29, 1.82) is 0 Å². The molecule has 3 aromatic heterocycles. The van der Waals surface area contributed by atoms with Crippen molar-refractivity contribution in [2.45, 2.75) is 25.4 Å². The lowest BCUT2D eigenvalue weighted by Crippen LogP contribution is -2.34. The van der Waals surface area contributed by atoms with Crippen LogP contribution in [0.4, 0.5) is 0 Å². The molecule has 0 atom stereocenters. The topological polar surface area (TPSA) is 109 Å². The smallest absolute Gasteiger partial charge is 0.263 e. The van der Waals surface area contributed by atoms with Crippen molar-refractivity contribution in [2.24, 2.45) is 0 Å². The third-order valence-electron chi connectivity index (χ3n) is 4.61. The van der Waals surface area contributed by atoms with E-state index in [1.54, 1.807) is 12.4 Å². The second-order valence-corrected chi connectivity index (χ2v) is 6.62. The summed E-state index contributed by atoms with van der Waals surface area (Å²) in [5.74, 6) is -0.799. The first kappa shape index (κ1) is 19.6. The number of fused-ring (bicyclic) bond motifs is 1. The molecule has 0 unspecified atom stereocenters. The predicted molar refractivity (Wildman–Crippen MR) is 107 cm³/mol. The molecular weight excluding hydrogens is 382 g/mol. The number of hydrogen-bond acceptors (Lipinski definition) is 4. The van der Waals surface area contributed by atoms with Gasteiger partial charge >= 0.3 is 0 Å². The Balaban J connectivity index is 0.00000225. The monoisotopic (exact) mass is 401 g/mol. The maximum Gasteiger partial charge on any atom is 0.263 e. The molecule has 3 aromatic rings. The molecule has 4 rings (SSSR count). The average molecular weight is 402 g/mol. The molecule has 0 spiro atoms. The second kappa shape index (κ2) is 7.85. The SMILES string of the molecule is CNC(=O)c1cc(C(=O)NC2CC2)cn(Cc2c[nH]c3ncccc23)c1=O.Cl. The van der Waals surface area contributed by atoms with Crippen LogP contribution in [0.5, 0.6) is 0 Å². The molecule has 1 aliphatic carbocycles. The highest BCUT2D eigenvalue weighted by atomic mass is 35.5. The number of pyridine rings is 2. The van der Waals surface area contributed by atoms with Gasteiger partial charge in [0.2, 0.25) is 0 Å². The number of aromatic nitrogens is 3. The van der Waals surface area contributed by atoms with Crippen molar-refractivity contribution in [3.8, 4) is 0 Å². The summed E-state index contributed by atoms with van der Waals surface area (Å²) in [6.45, 7) is 0.221. The van der Waals surface area contributed by atoms with Gasteiger partial charge in [0.15, 0.2) is 0 Å². The summed E-state index contributed by atoms with van der Waals surface area (Å²) in [5, 5.41) is 6.23. The molecule has 9 heteroatoms. The highest BCUT2D eigenvalue weighted by Crippen LogP contribution is 2.20. The van der Waals surface area contributed by atoms with E-state index in [0.717, 1.165) is 29.4 Å². The Morgan fingerprint density at radius 1 is 1.32 bits per heavy atom. The van der Waals surface area contributed by atoms with E-state index in [2.05, 4.69) is 20.6 Å². The lowest BCUT2D eigenvalue weighted by atomic mass is 10.1. The van der Waals surface area contributed by atoms with Crippen LogP contribution in [0.15, 0.2) is 41.6 Å². The summed E-state index contributed by atoms with van der Waals surface area (Å²) >= 11 is 0. The summed E-state index contributed by atoms with van der Waals surface area (Å²) in [6, 6.07) is 5.26. The molecule has 0 saturated heterocycles. The summed E-state index contributed by atoms with van der Waals surface area (Å²) in [7, 11) is 1.45. The van der Waals surface area contributed by atoms with Gasteiger partial charge in [-0.25, -0.2) is 4.98 Å². The fourth-order valence-corrected chi connectivity index (χ4v) is 3.00. The minimum Gasteiger partial charge on any atom is -0.355 e. The molecule has 0 aromatic carbocycles. The van der Waals surface area contributed by atoms with E-state index in [9.17, 15) is 14.4 Å². The van der Waals surface area contributed by atoms with Crippen LogP contribution in [0.3, 0.4) is 0 Å². The number of carbonyl (C=O) groups excluding carboxylic acids is 2. The molecule has 1 fully saturated rings. The number of hydrogen-bond donors (Lipinski definition) is 3. The number of rotatable bonds is 5. The number of carbonyl (C=O) groups is 2. The largest absolute Gasteiger partial charge is 0.355 e. The van der Waals surface area contributed by atoms with Crippen molar-refractivity contribution < 1.29 is 9.59 Å². The zero-order valence-electron chi connectivity index (χ0n) is 15.2. The van der Waals surface area contributed by atoms with Crippen molar-refractivity contribution in [3.63, 3.8) is 0 Å². The number of halogens is 1. The summed E-state index contributed by atoms with van der Waals surface area (Å²) in [4.78, 5) is 44.7. The van der Waals surface area contributed by atoms with Crippen molar-refractivity contribution in [1.82, 2.24) is 25.2 Å². The standard InChI is InChI=1S/C19H19N5O3.ClH/c1-20-18(26)15-7-11(17(25)23-13-4-5-13)9-24(19(15)27)10-12-8-22-16-14(12)3-2-6-21-16;/h2-3,6-9,13H,4-5,10H2,1H3,(H,20,26)(H,21,22)(H,23,25);1H. The molecule has 1 aliphatic rings. The molecule has 3 N–H and O–H groups in total. The molecule has 8 nitrogen and oxygen atoms in total. The van der Waals surface area contributed by atoms with E-state index in [4.69, 9.17) is 0 Å². The van der Waals surface area contributed by atoms with Gasteiger partial charge in [0, 0.05) is 37.1 Å². The molecule has 0 bridgehead atoms. The first-order valence-corrected chi connectivity index (χ1v) is 8.75. The zero-order chi connectivity index (χ0) is 19.0. The van der Waals surface area contributed by atoms with Crippen LogP contribution >= 0.6 is 12.4 Å². The van der Waals surface area contributed by atoms with E-state index in [1.807, 2.05) is 12.1 Å². The van der Waals surface area contributed by atoms with Crippen LogP contribution in [0.1, 0.15) is 39.1 Å². The number of aromatic amines is 1. The van der Waals surface area contributed by atoms with Crippen LogP contribution in [-0.4, -0.2) is 39.4 Å². The van der Waals surface area contributed by atoms with Gasteiger partial charge < -0.3 is 20.2 Å². The van der Waals surface area contributed by atoms with Gasteiger partial charge in [-0.1, -0.05) is 0 Å². The quantitative estimate of drug-likeness (QED) is 0.601. The highest BCUT2D eigenvalue weighted by Gasteiger charge is 2.25. The number of amides is 2. The zero-order valence-corrected chi connectivity index (χ0v) is 16.0. The highest BCUT2D eigenvalue weighted by molar-refractivity contribution is 5.99. The van der Waals surface area contributed by atoms with E-state index in [-0.39, 0.29) is 42.0 Å². The normalized spacial score (nSPS) is 13.0. The predicted octanol–water partition coefficient (Wildman–Crippen LogP) is 1.45. The van der Waals surface area contributed by atoms with E-state index < -0.39 is 11.5 Å². The van der Waals surface area contributed by atoms with Gasteiger partial charge in [-0.2, -0.15) is 0 Å². The van der Waals surface area contributed by atoms with Gasteiger partial charge in [0.05, 0.1) is 12.1 Å². The summed E-state index contributed by atoms with van der Waals surface area (Å²) < 4.78 is 1.39. The van der Waals surface area contributed by atoms with Crippen LogP contribution in [0.2, 0.25) is 0 Å². The van der Waals surface area contributed by atoms with Gasteiger partial charge in [0.25, 0.3) is 17.4 Å². The number of nitrogens with one attached hydrogen (secondary N) is 3. The first-order valence-electron chi connectivity index (χ1n) is 8.75. The minimum absolute atomic E-state index is 0. The molecule has 0 aliphatic heterocycles. The first-order chi connectivity index (χ1) is 13.1. The molecule has 2 amide bonds. The molecule has 28 heavy (non-hydrogen) atoms. The Morgan fingerprint density at radius 2 is 2.11 bits per heavy atom. The maximum atomic E-state index is 12.8. The van der Waals surface area contributed by atoms with E-state index in [1.165, 1.54) is 23.9 Å². The Kier molecular flexibility index (Phi) is 5.51. The fourth-order valence-electron chi connectivity index (χ4n) is 3.00. The van der Waals surface area contributed by atoms with Crippen molar-refractivity contribution in [3.05, 3.63) is 63.8 Å². The Hall–Kier alpha value is -3.13. The molecule has 0 radical (unpaired) electrons. The molecular formula is C19H20ClN5O3.